The number of nitrogens with zero attached hydrogens (tertiary/aromatic N) is 1. The van der Waals surface area contributed by atoms with Gasteiger partial charge in [0.25, 0.3) is 18.2 Å². The van der Waals surface area contributed by atoms with Crippen LogP contribution < -0.4 is 5.32 Å². The number of alkyl halides is 2. The molecule has 2 amide bonds. The van der Waals surface area contributed by atoms with Crippen molar-refractivity contribution in [3.05, 3.63) is 35.1 Å². The standard InChI is InChI=1S/C17H19F3N2O3/c1-25-17(5-2-6-17)16(24)21-11-8-22(9-11)15(23)12-4-3-10(14(19)20)7-13(12)18/h3-4,7,11,14H,2,5-6,8-9H2,1H3,(H,21,24). The number of rotatable bonds is 5. The van der Waals surface area contributed by atoms with Crippen molar-refractivity contribution < 1.29 is 27.5 Å². The van der Waals surface area contributed by atoms with Gasteiger partial charge < -0.3 is 15.0 Å². The normalized spacial score (nSPS) is 19.3. The van der Waals surface area contributed by atoms with Crippen LogP contribution in [-0.2, 0) is 9.53 Å². The molecule has 0 aromatic heterocycles. The van der Waals surface area contributed by atoms with Crippen LogP contribution in [-0.4, -0.2) is 48.6 Å². The highest BCUT2D eigenvalue weighted by Crippen LogP contribution is 2.35. The Labute approximate surface area is 143 Å². The average Bonchev–Trinajstić information content (AvgIpc) is 2.49. The van der Waals surface area contributed by atoms with Crippen molar-refractivity contribution in [3.8, 4) is 0 Å². The number of carbonyl (C=O) groups excluding carboxylic acids is 2. The summed E-state index contributed by atoms with van der Waals surface area (Å²) in [4.78, 5) is 25.8. The lowest BCUT2D eigenvalue weighted by Gasteiger charge is -2.44. The average molecular weight is 356 g/mol. The Hall–Kier alpha value is -2.09. The molecule has 1 heterocycles. The van der Waals surface area contributed by atoms with Crippen LogP contribution in [0.3, 0.4) is 0 Å². The Bertz CT molecular complexity index is 680. The summed E-state index contributed by atoms with van der Waals surface area (Å²) in [6.45, 7) is 0.501. The van der Waals surface area contributed by atoms with E-state index in [1.165, 1.54) is 12.0 Å². The van der Waals surface area contributed by atoms with Gasteiger partial charge in [-0.05, 0) is 31.4 Å². The molecular formula is C17H19F3N2O3. The second-order valence-corrected chi connectivity index (χ2v) is 6.47. The van der Waals surface area contributed by atoms with E-state index >= 15 is 0 Å². The van der Waals surface area contributed by atoms with E-state index in [9.17, 15) is 22.8 Å². The summed E-state index contributed by atoms with van der Waals surface area (Å²) in [7, 11) is 1.50. The van der Waals surface area contributed by atoms with Crippen molar-refractivity contribution in [2.45, 2.75) is 37.3 Å². The van der Waals surface area contributed by atoms with Crippen LogP contribution in [0.15, 0.2) is 18.2 Å². The fourth-order valence-electron chi connectivity index (χ4n) is 3.09. The van der Waals surface area contributed by atoms with E-state index < -0.39 is 29.3 Å². The van der Waals surface area contributed by atoms with E-state index in [1.54, 1.807) is 0 Å². The molecular weight excluding hydrogens is 337 g/mol. The van der Waals surface area contributed by atoms with Gasteiger partial charge in [0.15, 0.2) is 0 Å². The van der Waals surface area contributed by atoms with Crippen molar-refractivity contribution in [1.29, 1.82) is 0 Å². The van der Waals surface area contributed by atoms with E-state index in [-0.39, 0.29) is 30.6 Å². The molecule has 0 bridgehead atoms. The molecule has 25 heavy (non-hydrogen) atoms. The first-order chi connectivity index (χ1) is 11.9. The van der Waals surface area contributed by atoms with Crippen molar-refractivity contribution in [2.75, 3.05) is 20.2 Å². The number of hydrogen-bond donors (Lipinski definition) is 1. The predicted molar refractivity (Wildman–Crippen MR) is 82.8 cm³/mol. The fourth-order valence-corrected chi connectivity index (χ4v) is 3.09. The lowest BCUT2D eigenvalue weighted by atomic mass is 9.79. The molecule has 1 saturated heterocycles. The molecule has 136 valence electrons. The highest BCUT2D eigenvalue weighted by atomic mass is 19.3. The molecule has 2 fully saturated rings. The maximum atomic E-state index is 13.9. The predicted octanol–water partition coefficient (Wildman–Crippen LogP) is 2.27. The van der Waals surface area contributed by atoms with Gasteiger partial charge in [-0.25, -0.2) is 13.2 Å². The SMILES string of the molecule is COC1(C(=O)NC2CN(C(=O)c3ccc(C(F)F)cc3F)C2)CCC1. The minimum Gasteiger partial charge on any atom is -0.368 e. The molecule has 2 aliphatic rings. The second kappa shape index (κ2) is 6.67. The van der Waals surface area contributed by atoms with Gasteiger partial charge in [-0.2, -0.15) is 0 Å². The summed E-state index contributed by atoms with van der Waals surface area (Å²) in [6, 6.07) is 2.57. The molecule has 8 heteroatoms. The summed E-state index contributed by atoms with van der Waals surface area (Å²) in [5.41, 5.74) is -1.48. The first kappa shape index (κ1) is 17.7. The number of carbonyl (C=O) groups is 2. The Morgan fingerprint density at radius 1 is 1.32 bits per heavy atom. The molecule has 1 aliphatic heterocycles. The van der Waals surface area contributed by atoms with Gasteiger partial charge in [-0.15, -0.1) is 0 Å². The second-order valence-electron chi connectivity index (χ2n) is 6.47. The minimum absolute atomic E-state index is 0.189. The number of halogens is 3. The van der Waals surface area contributed by atoms with Crippen molar-refractivity contribution >= 4 is 11.8 Å². The summed E-state index contributed by atoms with van der Waals surface area (Å²) in [5.74, 6) is -1.73. The molecule has 0 atom stereocenters. The number of methoxy groups -OCH3 is 1. The van der Waals surface area contributed by atoms with Crippen molar-refractivity contribution in [2.24, 2.45) is 0 Å². The molecule has 1 N–H and O–H groups in total. The first-order valence-electron chi connectivity index (χ1n) is 8.09. The molecule has 0 unspecified atom stereocenters. The number of benzene rings is 1. The van der Waals surface area contributed by atoms with Gasteiger partial charge in [0.1, 0.15) is 11.4 Å². The Kier molecular flexibility index (Phi) is 4.73. The monoisotopic (exact) mass is 356 g/mol. The molecule has 5 nitrogen and oxygen atoms in total. The number of likely N-dealkylation sites (tertiary alicyclic amines) is 1. The van der Waals surface area contributed by atoms with E-state index in [4.69, 9.17) is 4.74 Å². The topological polar surface area (TPSA) is 58.6 Å². The van der Waals surface area contributed by atoms with E-state index in [1.807, 2.05) is 0 Å². The molecule has 0 spiro atoms. The molecule has 3 rings (SSSR count). The Morgan fingerprint density at radius 3 is 2.48 bits per heavy atom. The highest BCUT2D eigenvalue weighted by molar-refractivity contribution is 5.95. The van der Waals surface area contributed by atoms with Gasteiger partial charge in [-0.3, -0.25) is 9.59 Å². The van der Waals surface area contributed by atoms with E-state index in [0.29, 0.717) is 18.9 Å². The lowest BCUT2D eigenvalue weighted by molar-refractivity contribution is -0.156. The number of hydrogen-bond acceptors (Lipinski definition) is 3. The molecule has 1 aliphatic carbocycles. The smallest absolute Gasteiger partial charge is 0.263 e. The van der Waals surface area contributed by atoms with Crippen molar-refractivity contribution in [3.63, 3.8) is 0 Å². The van der Waals surface area contributed by atoms with Gasteiger partial charge in [-0.1, -0.05) is 6.07 Å². The maximum absolute atomic E-state index is 13.9. The molecule has 1 saturated carbocycles. The largest absolute Gasteiger partial charge is 0.368 e. The minimum atomic E-state index is -2.79. The van der Waals surface area contributed by atoms with Gasteiger partial charge in [0, 0.05) is 25.8 Å². The van der Waals surface area contributed by atoms with E-state index in [0.717, 1.165) is 18.6 Å². The number of nitrogens with one attached hydrogen (secondary N) is 1. The lowest BCUT2D eigenvalue weighted by Crippen LogP contribution is -2.65. The summed E-state index contributed by atoms with van der Waals surface area (Å²) >= 11 is 0. The summed E-state index contributed by atoms with van der Waals surface area (Å²) < 4.78 is 44.2. The number of ether oxygens (including phenoxy) is 1. The van der Waals surface area contributed by atoms with Crippen molar-refractivity contribution in [1.82, 2.24) is 10.2 Å². The number of amides is 2. The van der Waals surface area contributed by atoms with Crippen LogP contribution in [0.5, 0.6) is 0 Å². The fraction of sp³-hybridized carbons (Fsp3) is 0.529. The Morgan fingerprint density at radius 2 is 2.00 bits per heavy atom. The third-order valence-corrected chi connectivity index (χ3v) is 4.95. The van der Waals surface area contributed by atoms with Crippen LogP contribution in [0.2, 0.25) is 0 Å². The van der Waals surface area contributed by atoms with Crippen LogP contribution in [0.4, 0.5) is 13.2 Å². The Balaban J connectivity index is 1.56. The molecule has 0 radical (unpaired) electrons. The third-order valence-electron chi connectivity index (χ3n) is 4.95. The van der Waals surface area contributed by atoms with Crippen LogP contribution in [0.25, 0.3) is 0 Å². The van der Waals surface area contributed by atoms with E-state index in [2.05, 4.69) is 5.32 Å². The van der Waals surface area contributed by atoms with Gasteiger partial charge in [0.2, 0.25) is 0 Å². The highest BCUT2D eigenvalue weighted by Gasteiger charge is 2.46. The summed E-state index contributed by atoms with van der Waals surface area (Å²) in [5, 5.41) is 2.83. The third kappa shape index (κ3) is 3.22. The van der Waals surface area contributed by atoms with Gasteiger partial charge >= 0.3 is 0 Å². The molecule has 1 aromatic carbocycles. The molecule has 1 aromatic rings. The van der Waals surface area contributed by atoms with Crippen LogP contribution in [0.1, 0.15) is 41.6 Å². The first-order valence-corrected chi connectivity index (χ1v) is 8.09. The zero-order valence-corrected chi connectivity index (χ0v) is 13.7. The summed E-state index contributed by atoms with van der Waals surface area (Å²) in [6.07, 6.45) is -0.509. The zero-order chi connectivity index (χ0) is 18.2. The van der Waals surface area contributed by atoms with Crippen LogP contribution >= 0.6 is 0 Å². The quantitative estimate of drug-likeness (QED) is 0.881. The maximum Gasteiger partial charge on any atom is 0.263 e. The van der Waals surface area contributed by atoms with Crippen LogP contribution in [0, 0.1) is 5.82 Å². The van der Waals surface area contributed by atoms with Gasteiger partial charge in [0.05, 0.1) is 11.6 Å². The zero-order valence-electron chi connectivity index (χ0n) is 13.7.